The zero-order valence-corrected chi connectivity index (χ0v) is 20.6. The van der Waals surface area contributed by atoms with Gasteiger partial charge in [-0.1, -0.05) is 48.6 Å². The highest BCUT2D eigenvalue weighted by molar-refractivity contribution is 5.99. The van der Waals surface area contributed by atoms with Crippen LogP contribution < -0.4 is 21.1 Å². The van der Waals surface area contributed by atoms with Crippen molar-refractivity contribution in [1.82, 2.24) is 10.6 Å². The van der Waals surface area contributed by atoms with Crippen LogP contribution >= 0.6 is 0 Å². The first kappa shape index (κ1) is 25.9. The summed E-state index contributed by atoms with van der Waals surface area (Å²) in [7, 11) is 1.64. The average Bonchev–Trinajstić information content (AvgIpc) is 3.22. The van der Waals surface area contributed by atoms with Gasteiger partial charge in [-0.2, -0.15) is 0 Å². The number of fused-ring (bicyclic) bond motifs is 3. The lowest BCUT2D eigenvalue weighted by Crippen LogP contribution is -2.52. The number of carbonyl (C=O) groups is 2. The van der Waals surface area contributed by atoms with Crippen LogP contribution in [0.1, 0.15) is 35.6 Å². The highest BCUT2D eigenvalue weighted by Gasteiger charge is 2.35. The van der Waals surface area contributed by atoms with Gasteiger partial charge in [0.25, 0.3) is 0 Å². The molecule has 0 spiro atoms. The normalized spacial score (nSPS) is 28.1. The molecular weight excluding hydrogens is 458 g/mol. The molecule has 1 aliphatic carbocycles. The topological polar surface area (TPSA) is 123 Å². The van der Waals surface area contributed by atoms with Gasteiger partial charge >= 0.3 is 0 Å². The summed E-state index contributed by atoms with van der Waals surface area (Å²) in [5.41, 5.74) is 8.77. The molecule has 0 unspecified atom stereocenters. The Kier molecular flexibility index (Phi) is 8.74. The van der Waals surface area contributed by atoms with Gasteiger partial charge in [0.2, 0.25) is 11.8 Å². The number of amides is 2. The van der Waals surface area contributed by atoms with Crippen LogP contribution in [-0.2, 0) is 27.2 Å². The third-order valence-electron chi connectivity index (χ3n) is 6.97. The van der Waals surface area contributed by atoms with E-state index < -0.39 is 29.9 Å². The molecule has 5 N–H and O–H groups in total. The predicted octanol–water partition coefficient (Wildman–Crippen LogP) is 1.81. The van der Waals surface area contributed by atoms with Gasteiger partial charge in [-0.15, -0.1) is 0 Å². The van der Waals surface area contributed by atoms with Crippen LogP contribution in [0.25, 0.3) is 0 Å². The summed E-state index contributed by atoms with van der Waals surface area (Å²) in [6, 6.07) is 14.9. The molecule has 2 amide bonds. The fourth-order valence-corrected chi connectivity index (χ4v) is 4.96. The standard InChI is InChI=1S/C28H35N3O5/c1-35-20-12-11-19-15-25-26(22(19)16-20)30-17-24(32)23(14-18-8-4-2-5-9-18)31-28(34)21(27(29)33)10-6-3-7-13-36-25/h2-5,7-9,11-12,16,21,23-26,30,32H,6,10,13-15,17H2,1H3,(H2,29,33)(H,31,34)/b7-3+/t21-,23-,24+,25+,26+/m0/s1. The number of carbonyl (C=O) groups excluding carboxylic acids is 2. The number of β-amino-alcohol motifs (C(OH)–C–C–N with tert-alkyl or cyclic N) is 1. The Bertz CT molecular complexity index is 1070. The summed E-state index contributed by atoms with van der Waals surface area (Å²) < 4.78 is 11.6. The number of allylic oxidation sites excluding steroid dienone is 1. The van der Waals surface area contributed by atoms with Crippen molar-refractivity contribution in [1.29, 1.82) is 0 Å². The van der Waals surface area contributed by atoms with Crippen LogP contribution in [0, 0.1) is 5.92 Å². The molecule has 2 aromatic carbocycles. The van der Waals surface area contributed by atoms with Gasteiger partial charge in [0.05, 0.1) is 38.0 Å². The van der Waals surface area contributed by atoms with Crippen molar-refractivity contribution < 1.29 is 24.2 Å². The van der Waals surface area contributed by atoms with Crippen LogP contribution in [-0.4, -0.2) is 55.4 Å². The number of aliphatic hydroxyl groups excluding tert-OH is 1. The lowest BCUT2D eigenvalue weighted by molar-refractivity contribution is -0.134. The maximum absolute atomic E-state index is 13.1. The van der Waals surface area contributed by atoms with Gasteiger partial charge in [-0.05, 0) is 48.1 Å². The Labute approximate surface area is 211 Å². The smallest absolute Gasteiger partial charge is 0.232 e. The molecule has 2 aromatic rings. The van der Waals surface area contributed by atoms with Gasteiger partial charge in [-0.3, -0.25) is 9.59 Å². The molecule has 8 nitrogen and oxygen atoms in total. The molecule has 0 aromatic heterocycles. The van der Waals surface area contributed by atoms with E-state index in [-0.39, 0.29) is 18.7 Å². The summed E-state index contributed by atoms with van der Waals surface area (Å²) in [6.07, 6.45) is 4.75. The van der Waals surface area contributed by atoms with Crippen LogP contribution in [0.3, 0.4) is 0 Å². The molecule has 1 aliphatic heterocycles. The first-order valence-corrected chi connectivity index (χ1v) is 12.4. The first-order chi connectivity index (χ1) is 17.5. The van der Waals surface area contributed by atoms with Gasteiger partial charge in [0.1, 0.15) is 11.7 Å². The SMILES string of the molecule is COc1ccc2c(c1)[C@H]1NC[C@@H](O)[C@H](Cc3ccccc3)NC(=O)[C@H](C(N)=O)CC/C=C/CO[C@@H]1C2. The monoisotopic (exact) mass is 493 g/mol. The molecule has 0 fully saturated rings. The lowest BCUT2D eigenvalue weighted by atomic mass is 9.97. The summed E-state index contributed by atoms with van der Waals surface area (Å²) in [4.78, 5) is 25.1. The largest absolute Gasteiger partial charge is 0.497 e. The average molecular weight is 494 g/mol. The molecule has 0 saturated carbocycles. The van der Waals surface area contributed by atoms with Crippen LogP contribution in [0.4, 0.5) is 0 Å². The predicted molar refractivity (Wildman–Crippen MR) is 136 cm³/mol. The molecular formula is C28H35N3O5. The van der Waals surface area contributed by atoms with Crippen molar-refractivity contribution in [3.05, 3.63) is 77.4 Å². The summed E-state index contributed by atoms with van der Waals surface area (Å²) in [6.45, 7) is 0.622. The summed E-state index contributed by atoms with van der Waals surface area (Å²) in [5, 5.41) is 17.6. The Morgan fingerprint density at radius 1 is 1.19 bits per heavy atom. The second kappa shape index (κ2) is 12.2. The highest BCUT2D eigenvalue weighted by Crippen LogP contribution is 2.36. The number of ether oxygens (including phenoxy) is 2. The molecule has 0 bridgehead atoms. The van der Waals surface area contributed by atoms with Gasteiger partial charge in [0.15, 0.2) is 0 Å². The van der Waals surface area contributed by atoms with E-state index in [1.807, 2.05) is 54.6 Å². The third-order valence-corrected chi connectivity index (χ3v) is 6.97. The van der Waals surface area contributed by atoms with E-state index in [1.165, 1.54) is 5.56 Å². The number of aliphatic hydroxyl groups is 1. The number of rotatable bonds is 4. The molecule has 36 heavy (non-hydrogen) atoms. The number of benzene rings is 2. The maximum atomic E-state index is 13.1. The minimum absolute atomic E-state index is 0.116. The van der Waals surface area contributed by atoms with E-state index in [4.69, 9.17) is 15.2 Å². The second-order valence-electron chi connectivity index (χ2n) is 9.40. The van der Waals surface area contributed by atoms with Gasteiger partial charge in [-0.25, -0.2) is 0 Å². The van der Waals surface area contributed by atoms with Crippen molar-refractivity contribution >= 4 is 11.8 Å². The third kappa shape index (κ3) is 6.32. The highest BCUT2D eigenvalue weighted by atomic mass is 16.5. The molecule has 192 valence electrons. The first-order valence-electron chi connectivity index (χ1n) is 12.4. The van der Waals surface area contributed by atoms with E-state index in [2.05, 4.69) is 16.7 Å². The van der Waals surface area contributed by atoms with Gasteiger partial charge < -0.3 is 30.9 Å². The van der Waals surface area contributed by atoms with Crippen molar-refractivity contribution in [2.24, 2.45) is 11.7 Å². The Hall–Kier alpha value is -3.20. The van der Waals surface area contributed by atoms with Crippen molar-refractivity contribution in [2.45, 2.75) is 50.0 Å². The Morgan fingerprint density at radius 3 is 2.75 bits per heavy atom. The fraction of sp³-hybridized carbons (Fsp3) is 0.429. The summed E-state index contributed by atoms with van der Waals surface area (Å²) >= 11 is 0. The fourth-order valence-electron chi connectivity index (χ4n) is 4.96. The van der Waals surface area contributed by atoms with E-state index in [0.29, 0.717) is 25.9 Å². The van der Waals surface area contributed by atoms with Gasteiger partial charge in [0, 0.05) is 13.0 Å². The van der Waals surface area contributed by atoms with E-state index in [9.17, 15) is 14.7 Å². The quantitative estimate of drug-likeness (QED) is 0.381. The zero-order valence-electron chi connectivity index (χ0n) is 20.6. The molecule has 4 rings (SSSR count). The number of primary amides is 1. The zero-order chi connectivity index (χ0) is 25.5. The number of methoxy groups -OCH3 is 1. The molecule has 0 saturated heterocycles. The number of hydrogen-bond donors (Lipinski definition) is 4. The Morgan fingerprint density at radius 2 is 2.00 bits per heavy atom. The van der Waals surface area contributed by atoms with Crippen LogP contribution in [0.15, 0.2) is 60.7 Å². The van der Waals surface area contributed by atoms with Crippen LogP contribution in [0.2, 0.25) is 0 Å². The molecule has 1 heterocycles. The Balaban J connectivity index is 1.60. The molecule has 5 atom stereocenters. The van der Waals surface area contributed by atoms with Crippen molar-refractivity contribution in [3.8, 4) is 5.75 Å². The number of hydrogen-bond acceptors (Lipinski definition) is 6. The maximum Gasteiger partial charge on any atom is 0.232 e. The molecule has 2 aliphatic rings. The molecule has 0 radical (unpaired) electrons. The van der Waals surface area contributed by atoms with E-state index in [1.54, 1.807) is 7.11 Å². The molecule has 8 heteroatoms. The lowest BCUT2D eigenvalue weighted by Gasteiger charge is -2.29. The number of nitrogens with one attached hydrogen (secondary N) is 2. The summed E-state index contributed by atoms with van der Waals surface area (Å²) in [5.74, 6) is -1.35. The minimum atomic E-state index is -0.974. The van der Waals surface area contributed by atoms with E-state index in [0.717, 1.165) is 23.3 Å². The van der Waals surface area contributed by atoms with Crippen LogP contribution in [0.5, 0.6) is 5.75 Å². The van der Waals surface area contributed by atoms with Crippen molar-refractivity contribution in [2.75, 3.05) is 20.3 Å². The van der Waals surface area contributed by atoms with E-state index >= 15 is 0 Å². The van der Waals surface area contributed by atoms with Crippen molar-refractivity contribution in [3.63, 3.8) is 0 Å². The second-order valence-corrected chi connectivity index (χ2v) is 9.40. The number of nitrogens with two attached hydrogens (primary N) is 1. The minimum Gasteiger partial charge on any atom is -0.497 e.